The molecule has 1 heterocycles. The molecule has 0 unspecified atom stereocenters. The molecule has 140 valence electrons. The van der Waals surface area contributed by atoms with E-state index in [0.29, 0.717) is 27.8 Å². The molecule has 3 aromatic rings. The third kappa shape index (κ3) is 3.23. The number of aryl methyl sites for hydroxylation is 2. The van der Waals surface area contributed by atoms with Crippen molar-refractivity contribution in [2.45, 2.75) is 25.7 Å². The second kappa shape index (κ2) is 7.16. The SMILES string of the molecule is COc1cc(OC)c(NC(=O)c2ccc3[nH]c4c(c3c2)CCCC4)cc1Cl. The summed E-state index contributed by atoms with van der Waals surface area (Å²) in [6, 6.07) is 9.05. The van der Waals surface area contributed by atoms with E-state index in [4.69, 9.17) is 21.1 Å². The highest BCUT2D eigenvalue weighted by Gasteiger charge is 2.18. The zero-order chi connectivity index (χ0) is 19.0. The maximum absolute atomic E-state index is 12.8. The molecule has 5 nitrogen and oxygen atoms in total. The van der Waals surface area contributed by atoms with Gasteiger partial charge in [0.15, 0.2) is 0 Å². The molecule has 2 N–H and O–H groups in total. The van der Waals surface area contributed by atoms with Gasteiger partial charge in [-0.05, 0) is 55.5 Å². The molecular weight excluding hydrogens is 364 g/mol. The number of aromatic nitrogens is 1. The van der Waals surface area contributed by atoms with Crippen molar-refractivity contribution in [3.05, 3.63) is 52.2 Å². The second-order valence-electron chi connectivity index (χ2n) is 6.69. The summed E-state index contributed by atoms with van der Waals surface area (Å²) >= 11 is 6.19. The van der Waals surface area contributed by atoms with Crippen LogP contribution in [0.2, 0.25) is 5.02 Å². The Bertz CT molecular complexity index is 1030. The van der Waals surface area contributed by atoms with Crippen LogP contribution >= 0.6 is 11.6 Å². The van der Waals surface area contributed by atoms with E-state index in [1.54, 1.807) is 12.1 Å². The summed E-state index contributed by atoms with van der Waals surface area (Å²) in [4.78, 5) is 16.3. The van der Waals surface area contributed by atoms with E-state index in [0.717, 1.165) is 23.7 Å². The van der Waals surface area contributed by atoms with Crippen molar-refractivity contribution in [1.29, 1.82) is 0 Å². The molecule has 0 spiro atoms. The Labute approximate surface area is 162 Å². The lowest BCUT2D eigenvalue weighted by Crippen LogP contribution is -2.12. The van der Waals surface area contributed by atoms with Gasteiger partial charge in [-0.15, -0.1) is 0 Å². The fourth-order valence-electron chi connectivity index (χ4n) is 3.70. The number of aromatic amines is 1. The van der Waals surface area contributed by atoms with E-state index in [1.807, 2.05) is 18.2 Å². The number of rotatable bonds is 4. The van der Waals surface area contributed by atoms with Crippen molar-refractivity contribution in [3.63, 3.8) is 0 Å². The molecule has 0 atom stereocenters. The molecule has 1 aliphatic carbocycles. The monoisotopic (exact) mass is 384 g/mol. The highest BCUT2D eigenvalue weighted by molar-refractivity contribution is 6.32. The quantitative estimate of drug-likeness (QED) is 0.667. The van der Waals surface area contributed by atoms with Crippen LogP contribution in [-0.2, 0) is 12.8 Å². The molecule has 1 aliphatic rings. The number of amides is 1. The largest absolute Gasteiger partial charge is 0.495 e. The molecule has 0 bridgehead atoms. The predicted octanol–water partition coefficient (Wildman–Crippen LogP) is 4.97. The standard InChI is InChI=1S/C21H21ClN2O3/c1-26-19-11-20(27-2)18(10-15(19)22)24-21(25)12-7-8-17-14(9-12)13-5-3-4-6-16(13)23-17/h7-11,23H,3-6H2,1-2H3,(H,24,25). The summed E-state index contributed by atoms with van der Waals surface area (Å²) in [7, 11) is 3.07. The normalized spacial score (nSPS) is 13.3. The summed E-state index contributed by atoms with van der Waals surface area (Å²) in [5, 5.41) is 4.44. The first-order valence-corrected chi connectivity index (χ1v) is 9.35. The number of nitrogens with one attached hydrogen (secondary N) is 2. The highest BCUT2D eigenvalue weighted by Crippen LogP contribution is 2.36. The third-order valence-corrected chi connectivity index (χ3v) is 5.38. The number of hydrogen-bond acceptors (Lipinski definition) is 3. The van der Waals surface area contributed by atoms with Gasteiger partial charge >= 0.3 is 0 Å². The van der Waals surface area contributed by atoms with Crippen LogP contribution in [0, 0.1) is 0 Å². The summed E-state index contributed by atoms with van der Waals surface area (Å²) in [5.41, 5.74) is 4.84. The van der Waals surface area contributed by atoms with Crippen LogP contribution in [0.5, 0.6) is 11.5 Å². The number of hydrogen-bond donors (Lipinski definition) is 2. The fourth-order valence-corrected chi connectivity index (χ4v) is 3.94. The zero-order valence-corrected chi connectivity index (χ0v) is 16.1. The van der Waals surface area contributed by atoms with E-state index >= 15 is 0 Å². The highest BCUT2D eigenvalue weighted by atomic mass is 35.5. The Kier molecular flexibility index (Phi) is 4.70. The van der Waals surface area contributed by atoms with Gasteiger partial charge in [0.1, 0.15) is 11.5 Å². The van der Waals surface area contributed by atoms with Crippen LogP contribution in [0.25, 0.3) is 10.9 Å². The first-order valence-electron chi connectivity index (χ1n) is 8.97. The lowest BCUT2D eigenvalue weighted by Gasteiger charge is -2.13. The number of fused-ring (bicyclic) bond motifs is 3. The third-order valence-electron chi connectivity index (χ3n) is 5.08. The van der Waals surface area contributed by atoms with Gasteiger partial charge in [-0.3, -0.25) is 4.79 Å². The fraction of sp³-hybridized carbons (Fsp3) is 0.286. The minimum atomic E-state index is -0.206. The number of H-pyrrole nitrogens is 1. The molecule has 2 aromatic carbocycles. The molecule has 27 heavy (non-hydrogen) atoms. The van der Waals surface area contributed by atoms with Crippen LogP contribution in [0.1, 0.15) is 34.5 Å². The number of anilines is 1. The van der Waals surface area contributed by atoms with Gasteiger partial charge in [-0.1, -0.05) is 11.6 Å². The molecule has 0 fully saturated rings. The molecule has 0 saturated carbocycles. The first kappa shape index (κ1) is 17.7. The minimum absolute atomic E-state index is 0.206. The van der Waals surface area contributed by atoms with Gasteiger partial charge in [-0.25, -0.2) is 0 Å². The van der Waals surface area contributed by atoms with Crippen molar-refractivity contribution < 1.29 is 14.3 Å². The van der Waals surface area contributed by atoms with Crippen LogP contribution < -0.4 is 14.8 Å². The van der Waals surface area contributed by atoms with Gasteiger partial charge in [0.25, 0.3) is 5.91 Å². The lowest BCUT2D eigenvalue weighted by atomic mass is 9.95. The van der Waals surface area contributed by atoms with E-state index in [9.17, 15) is 4.79 Å². The van der Waals surface area contributed by atoms with Crippen LogP contribution in [0.15, 0.2) is 30.3 Å². The number of ether oxygens (including phenoxy) is 2. The zero-order valence-electron chi connectivity index (χ0n) is 15.3. The Morgan fingerprint density at radius 2 is 1.85 bits per heavy atom. The van der Waals surface area contributed by atoms with Crippen molar-refractivity contribution in [2.24, 2.45) is 0 Å². The Balaban J connectivity index is 1.66. The average Bonchev–Trinajstić information content (AvgIpc) is 3.06. The van der Waals surface area contributed by atoms with E-state index < -0.39 is 0 Å². The van der Waals surface area contributed by atoms with Gasteiger partial charge in [0.05, 0.1) is 24.9 Å². The Morgan fingerprint density at radius 1 is 1.07 bits per heavy atom. The molecule has 6 heteroatoms. The summed E-state index contributed by atoms with van der Waals surface area (Å²) in [5.74, 6) is 0.777. The number of methoxy groups -OCH3 is 2. The van der Waals surface area contributed by atoms with Gasteiger partial charge in [-0.2, -0.15) is 0 Å². The Hall–Kier alpha value is -2.66. The molecule has 1 aromatic heterocycles. The molecule has 0 aliphatic heterocycles. The van der Waals surface area contributed by atoms with Crippen LogP contribution in [0.4, 0.5) is 5.69 Å². The molecule has 0 saturated heterocycles. The second-order valence-corrected chi connectivity index (χ2v) is 7.10. The van der Waals surface area contributed by atoms with Crippen LogP contribution in [0.3, 0.4) is 0 Å². The Morgan fingerprint density at radius 3 is 2.63 bits per heavy atom. The van der Waals surface area contributed by atoms with Gasteiger partial charge in [0.2, 0.25) is 0 Å². The van der Waals surface area contributed by atoms with E-state index in [2.05, 4.69) is 10.3 Å². The van der Waals surface area contributed by atoms with Crippen LogP contribution in [-0.4, -0.2) is 25.1 Å². The first-order chi connectivity index (χ1) is 13.1. The molecular formula is C21H21ClN2O3. The van der Waals surface area contributed by atoms with Crippen molar-refractivity contribution in [1.82, 2.24) is 4.98 Å². The van der Waals surface area contributed by atoms with Crippen molar-refractivity contribution in [3.8, 4) is 11.5 Å². The van der Waals surface area contributed by atoms with Crippen molar-refractivity contribution >= 4 is 34.1 Å². The summed E-state index contributed by atoms with van der Waals surface area (Å²) < 4.78 is 10.5. The number of carbonyl (C=O) groups is 1. The molecule has 0 radical (unpaired) electrons. The smallest absolute Gasteiger partial charge is 0.255 e. The maximum Gasteiger partial charge on any atom is 0.255 e. The lowest BCUT2D eigenvalue weighted by molar-refractivity contribution is 0.102. The minimum Gasteiger partial charge on any atom is -0.495 e. The van der Waals surface area contributed by atoms with E-state index in [-0.39, 0.29) is 5.91 Å². The van der Waals surface area contributed by atoms with E-state index in [1.165, 1.54) is 38.3 Å². The maximum atomic E-state index is 12.8. The number of carbonyl (C=O) groups excluding carboxylic acids is 1. The summed E-state index contributed by atoms with van der Waals surface area (Å²) in [6.07, 6.45) is 4.54. The van der Waals surface area contributed by atoms with Crippen molar-refractivity contribution in [2.75, 3.05) is 19.5 Å². The summed E-state index contributed by atoms with van der Waals surface area (Å²) in [6.45, 7) is 0. The molecule has 4 rings (SSSR count). The topological polar surface area (TPSA) is 63.4 Å². The van der Waals surface area contributed by atoms with Gasteiger partial charge in [0, 0.05) is 28.2 Å². The molecule has 1 amide bonds. The van der Waals surface area contributed by atoms with Gasteiger partial charge < -0.3 is 19.8 Å². The number of benzene rings is 2. The average molecular weight is 385 g/mol. The number of halogens is 1. The predicted molar refractivity (Wildman–Crippen MR) is 107 cm³/mol.